The number of hydrogen-bond donors (Lipinski definition) is 2. The highest BCUT2D eigenvalue weighted by Gasteiger charge is 2.24. The summed E-state index contributed by atoms with van der Waals surface area (Å²) in [5.74, 6) is -0.251. The molecule has 1 amide bonds. The van der Waals surface area contributed by atoms with Crippen LogP contribution < -0.4 is 5.32 Å². The Morgan fingerprint density at radius 2 is 2.00 bits per heavy atom. The van der Waals surface area contributed by atoms with Crippen LogP contribution in [0.15, 0.2) is 42.6 Å². The number of amides is 1. The average Bonchev–Trinajstić information content (AvgIpc) is 3.00. The Morgan fingerprint density at radius 3 is 2.62 bits per heavy atom. The summed E-state index contributed by atoms with van der Waals surface area (Å²) >= 11 is 6.11. The largest absolute Gasteiger partial charge is 0.342 e. The van der Waals surface area contributed by atoms with Crippen molar-refractivity contribution in [2.75, 3.05) is 0 Å². The fraction of sp³-hybridized carbons (Fsp3) is 0.167. The van der Waals surface area contributed by atoms with Crippen LogP contribution in [0.5, 0.6) is 0 Å². The second-order valence-corrected chi connectivity index (χ2v) is 6.41. The number of carbonyl (C=O) groups is 1. The number of rotatable bonds is 3. The second-order valence-electron chi connectivity index (χ2n) is 6.01. The summed E-state index contributed by atoms with van der Waals surface area (Å²) in [4.78, 5) is 19.7. The van der Waals surface area contributed by atoms with Gasteiger partial charge in [0.15, 0.2) is 0 Å². The van der Waals surface area contributed by atoms with Crippen molar-refractivity contribution >= 4 is 28.5 Å². The van der Waals surface area contributed by atoms with E-state index < -0.39 is 5.54 Å². The van der Waals surface area contributed by atoms with Crippen LogP contribution in [-0.4, -0.2) is 15.9 Å². The number of carbonyl (C=O) groups excluding carboxylic acids is 1. The van der Waals surface area contributed by atoms with Gasteiger partial charge in [-0.2, -0.15) is 5.26 Å². The molecule has 0 saturated carbocycles. The Hall–Kier alpha value is -2.84. The van der Waals surface area contributed by atoms with Gasteiger partial charge in [-0.25, -0.2) is 4.98 Å². The number of hydrogen-bond acceptors (Lipinski definition) is 3. The van der Waals surface area contributed by atoms with E-state index in [0.29, 0.717) is 27.3 Å². The number of nitrogens with zero attached hydrogens (tertiary/aromatic N) is 2. The monoisotopic (exact) mass is 338 g/mol. The maximum Gasteiger partial charge on any atom is 0.268 e. The smallest absolute Gasteiger partial charge is 0.268 e. The minimum absolute atomic E-state index is 0.251. The molecular formula is C18H15ClN4O. The molecule has 0 saturated heterocycles. The zero-order valence-corrected chi connectivity index (χ0v) is 14.0. The maximum absolute atomic E-state index is 12.6. The van der Waals surface area contributed by atoms with Crippen molar-refractivity contribution in [3.05, 3.63) is 64.4 Å². The lowest BCUT2D eigenvalue weighted by Gasteiger charge is -2.26. The molecule has 6 heteroatoms. The van der Waals surface area contributed by atoms with E-state index >= 15 is 0 Å². The molecule has 2 N–H and O–H groups in total. The van der Waals surface area contributed by atoms with E-state index in [2.05, 4.69) is 21.4 Å². The summed E-state index contributed by atoms with van der Waals surface area (Å²) in [6, 6.07) is 12.6. The molecule has 0 radical (unpaired) electrons. The summed E-state index contributed by atoms with van der Waals surface area (Å²) in [6.45, 7) is 3.81. The number of nitrogens with one attached hydrogen (secondary N) is 2. The molecule has 2 heterocycles. The van der Waals surface area contributed by atoms with Gasteiger partial charge in [0.2, 0.25) is 0 Å². The van der Waals surface area contributed by atoms with Crippen LogP contribution in [-0.2, 0) is 5.54 Å². The molecule has 0 aliphatic heterocycles. The van der Waals surface area contributed by atoms with Crippen molar-refractivity contribution in [2.24, 2.45) is 0 Å². The highest BCUT2D eigenvalue weighted by Crippen LogP contribution is 2.24. The molecule has 3 aromatic rings. The van der Waals surface area contributed by atoms with Gasteiger partial charge in [0.25, 0.3) is 5.91 Å². The third-order valence-corrected chi connectivity index (χ3v) is 4.21. The Kier molecular flexibility index (Phi) is 4.00. The number of halogens is 1. The van der Waals surface area contributed by atoms with E-state index in [1.54, 1.807) is 30.5 Å². The first kappa shape index (κ1) is 16.0. The molecule has 24 heavy (non-hydrogen) atoms. The lowest BCUT2D eigenvalue weighted by atomic mass is 9.93. The topological polar surface area (TPSA) is 81.6 Å². The molecule has 3 rings (SSSR count). The molecule has 120 valence electrons. The van der Waals surface area contributed by atoms with Crippen LogP contribution >= 0.6 is 11.6 Å². The number of aromatic nitrogens is 2. The number of H-pyrrole nitrogens is 1. The summed E-state index contributed by atoms with van der Waals surface area (Å²) in [6.07, 6.45) is 1.59. The van der Waals surface area contributed by atoms with E-state index in [-0.39, 0.29) is 5.91 Å². The molecular weight excluding hydrogens is 324 g/mol. The van der Waals surface area contributed by atoms with Gasteiger partial charge >= 0.3 is 0 Å². The maximum atomic E-state index is 12.6. The number of fused-ring (bicyclic) bond motifs is 1. The third-order valence-electron chi connectivity index (χ3n) is 3.89. The number of nitriles is 1. The zero-order valence-electron chi connectivity index (χ0n) is 13.2. The molecule has 0 aliphatic carbocycles. The summed E-state index contributed by atoms with van der Waals surface area (Å²) in [5, 5.41) is 13.1. The van der Waals surface area contributed by atoms with E-state index in [0.717, 1.165) is 5.56 Å². The highest BCUT2D eigenvalue weighted by atomic mass is 35.5. The first-order valence-electron chi connectivity index (χ1n) is 7.37. The van der Waals surface area contributed by atoms with Crippen LogP contribution in [0.1, 0.15) is 35.5 Å². The Labute approximate surface area is 144 Å². The molecule has 2 aromatic heterocycles. The van der Waals surface area contributed by atoms with Gasteiger partial charge in [0.05, 0.1) is 22.2 Å². The minimum Gasteiger partial charge on any atom is -0.342 e. The predicted molar refractivity (Wildman–Crippen MR) is 92.8 cm³/mol. The molecule has 0 atom stereocenters. The van der Waals surface area contributed by atoms with Crippen molar-refractivity contribution in [1.29, 1.82) is 5.26 Å². The first-order chi connectivity index (χ1) is 11.4. The third kappa shape index (κ3) is 2.97. The van der Waals surface area contributed by atoms with Crippen LogP contribution in [0.4, 0.5) is 0 Å². The van der Waals surface area contributed by atoms with Crippen LogP contribution in [0, 0.1) is 11.3 Å². The van der Waals surface area contributed by atoms with Crippen LogP contribution in [0.25, 0.3) is 11.0 Å². The lowest BCUT2D eigenvalue weighted by molar-refractivity contribution is 0.0907. The van der Waals surface area contributed by atoms with Crippen LogP contribution in [0.3, 0.4) is 0 Å². The highest BCUT2D eigenvalue weighted by molar-refractivity contribution is 6.35. The summed E-state index contributed by atoms with van der Waals surface area (Å²) in [7, 11) is 0. The molecule has 0 fully saturated rings. The number of benzene rings is 1. The first-order valence-corrected chi connectivity index (χ1v) is 7.75. The van der Waals surface area contributed by atoms with Crippen molar-refractivity contribution in [1.82, 2.24) is 15.3 Å². The predicted octanol–water partition coefficient (Wildman–Crippen LogP) is 3.75. The normalized spacial score (nSPS) is 11.2. The van der Waals surface area contributed by atoms with Crippen molar-refractivity contribution < 1.29 is 4.79 Å². The van der Waals surface area contributed by atoms with E-state index in [1.807, 2.05) is 26.0 Å². The van der Waals surface area contributed by atoms with E-state index in [1.165, 1.54) is 0 Å². The Balaban J connectivity index is 1.86. The van der Waals surface area contributed by atoms with Gasteiger partial charge in [0, 0.05) is 11.6 Å². The Bertz CT molecular complexity index is 951. The quantitative estimate of drug-likeness (QED) is 0.763. The fourth-order valence-electron chi connectivity index (χ4n) is 2.50. The molecule has 0 bridgehead atoms. The van der Waals surface area contributed by atoms with Gasteiger partial charge < -0.3 is 10.3 Å². The van der Waals surface area contributed by atoms with Gasteiger partial charge in [-0.3, -0.25) is 4.79 Å². The van der Waals surface area contributed by atoms with Crippen molar-refractivity contribution in [3.8, 4) is 6.07 Å². The second kappa shape index (κ2) is 5.99. The number of pyridine rings is 1. The van der Waals surface area contributed by atoms with E-state index in [9.17, 15) is 4.79 Å². The summed E-state index contributed by atoms with van der Waals surface area (Å²) < 4.78 is 0. The molecule has 0 aliphatic rings. The van der Waals surface area contributed by atoms with Gasteiger partial charge in [-0.15, -0.1) is 0 Å². The van der Waals surface area contributed by atoms with Gasteiger partial charge in [-0.05, 0) is 43.7 Å². The van der Waals surface area contributed by atoms with Crippen LogP contribution in [0.2, 0.25) is 5.02 Å². The molecule has 1 aromatic carbocycles. The van der Waals surface area contributed by atoms with Crippen molar-refractivity contribution in [2.45, 2.75) is 19.4 Å². The fourth-order valence-corrected chi connectivity index (χ4v) is 2.70. The van der Waals surface area contributed by atoms with Gasteiger partial charge in [-0.1, -0.05) is 23.7 Å². The molecule has 5 nitrogen and oxygen atoms in total. The van der Waals surface area contributed by atoms with Crippen molar-refractivity contribution in [3.63, 3.8) is 0 Å². The zero-order chi connectivity index (χ0) is 17.3. The minimum atomic E-state index is -0.598. The SMILES string of the molecule is CC(C)(NC(=O)c1cc2c(Cl)ccnc2[nH]1)c1ccc(C#N)cc1. The average molecular weight is 339 g/mol. The molecule has 0 unspecified atom stereocenters. The molecule has 0 spiro atoms. The Morgan fingerprint density at radius 1 is 1.29 bits per heavy atom. The van der Waals surface area contributed by atoms with Gasteiger partial charge in [0.1, 0.15) is 11.3 Å². The summed E-state index contributed by atoms with van der Waals surface area (Å²) in [5.41, 5.74) is 1.86. The number of aromatic amines is 1. The standard InChI is InChI=1S/C18H15ClN4O/c1-18(2,12-5-3-11(10-20)4-6-12)23-17(24)15-9-13-14(19)7-8-21-16(13)22-15/h3-9H,1-2H3,(H,21,22)(H,23,24). The van der Waals surface area contributed by atoms with E-state index in [4.69, 9.17) is 16.9 Å². The lowest BCUT2D eigenvalue weighted by Crippen LogP contribution is -2.41.